The molecule has 5 nitrogen and oxygen atoms in total. The lowest BCUT2D eigenvalue weighted by Crippen LogP contribution is -2.21. The SMILES string of the molecule is COc1ccc(NC(=O)C2=COCCO2)cc1Cc1ccccc1. The molecule has 3 rings (SSSR count). The fraction of sp³-hybridized carbons (Fsp3) is 0.211. The fourth-order valence-electron chi connectivity index (χ4n) is 2.49. The summed E-state index contributed by atoms with van der Waals surface area (Å²) < 4.78 is 15.8. The van der Waals surface area contributed by atoms with Gasteiger partial charge in [-0.1, -0.05) is 30.3 Å². The molecule has 0 unspecified atom stereocenters. The first-order chi connectivity index (χ1) is 11.8. The summed E-state index contributed by atoms with van der Waals surface area (Å²) in [5.41, 5.74) is 2.85. The highest BCUT2D eigenvalue weighted by Gasteiger charge is 2.16. The molecular weight excluding hydrogens is 306 g/mol. The van der Waals surface area contributed by atoms with E-state index in [1.807, 2.05) is 30.3 Å². The van der Waals surface area contributed by atoms with Gasteiger partial charge in [-0.15, -0.1) is 0 Å². The van der Waals surface area contributed by atoms with Crippen molar-refractivity contribution in [1.82, 2.24) is 0 Å². The molecule has 0 atom stereocenters. The third-order valence-electron chi connectivity index (χ3n) is 3.65. The summed E-state index contributed by atoms with van der Waals surface area (Å²) in [4.78, 5) is 12.2. The first kappa shape index (κ1) is 15.9. The zero-order chi connectivity index (χ0) is 16.8. The van der Waals surface area contributed by atoms with Crippen molar-refractivity contribution in [2.45, 2.75) is 6.42 Å². The highest BCUT2D eigenvalue weighted by Crippen LogP contribution is 2.25. The molecule has 0 aliphatic carbocycles. The third-order valence-corrected chi connectivity index (χ3v) is 3.65. The summed E-state index contributed by atoms with van der Waals surface area (Å²) in [7, 11) is 1.64. The van der Waals surface area contributed by atoms with Gasteiger partial charge in [-0.05, 0) is 23.8 Å². The Morgan fingerprint density at radius 3 is 2.71 bits per heavy atom. The molecule has 1 aliphatic heterocycles. The molecule has 5 heteroatoms. The normalized spacial score (nSPS) is 13.3. The van der Waals surface area contributed by atoms with E-state index in [-0.39, 0.29) is 11.7 Å². The van der Waals surface area contributed by atoms with Gasteiger partial charge in [0.15, 0.2) is 0 Å². The average molecular weight is 325 g/mol. The van der Waals surface area contributed by atoms with Gasteiger partial charge in [0.25, 0.3) is 5.91 Å². The molecule has 0 aromatic heterocycles. The van der Waals surface area contributed by atoms with Crippen LogP contribution in [0.1, 0.15) is 11.1 Å². The molecule has 1 aliphatic rings. The molecule has 0 spiro atoms. The molecule has 0 saturated heterocycles. The van der Waals surface area contributed by atoms with Crippen LogP contribution in [0.2, 0.25) is 0 Å². The Kier molecular flexibility index (Phi) is 5.01. The summed E-state index contributed by atoms with van der Waals surface area (Å²) in [5, 5.41) is 2.82. The minimum absolute atomic E-state index is 0.182. The van der Waals surface area contributed by atoms with Gasteiger partial charge in [-0.3, -0.25) is 4.79 Å². The van der Waals surface area contributed by atoms with Crippen LogP contribution in [0.25, 0.3) is 0 Å². The van der Waals surface area contributed by atoms with Crippen molar-refractivity contribution in [3.05, 3.63) is 71.7 Å². The van der Waals surface area contributed by atoms with Gasteiger partial charge in [0, 0.05) is 17.7 Å². The van der Waals surface area contributed by atoms with E-state index >= 15 is 0 Å². The van der Waals surface area contributed by atoms with Gasteiger partial charge in [-0.2, -0.15) is 0 Å². The highest BCUT2D eigenvalue weighted by molar-refractivity contribution is 6.02. The van der Waals surface area contributed by atoms with Crippen LogP contribution in [0.3, 0.4) is 0 Å². The number of nitrogens with one attached hydrogen (secondary N) is 1. The summed E-state index contributed by atoms with van der Waals surface area (Å²) in [6.45, 7) is 0.835. The summed E-state index contributed by atoms with van der Waals surface area (Å²) in [5.74, 6) is 0.639. The maximum absolute atomic E-state index is 12.2. The Hall–Kier alpha value is -2.95. The van der Waals surface area contributed by atoms with Crippen molar-refractivity contribution in [2.75, 3.05) is 25.6 Å². The van der Waals surface area contributed by atoms with E-state index in [2.05, 4.69) is 17.4 Å². The number of benzene rings is 2. The second-order valence-electron chi connectivity index (χ2n) is 5.34. The van der Waals surface area contributed by atoms with Crippen molar-refractivity contribution in [3.8, 4) is 5.75 Å². The average Bonchev–Trinajstić information content (AvgIpc) is 2.63. The molecule has 0 saturated carbocycles. The summed E-state index contributed by atoms with van der Waals surface area (Å²) in [6, 6.07) is 15.7. The third kappa shape index (κ3) is 3.87. The van der Waals surface area contributed by atoms with Crippen LogP contribution in [-0.2, 0) is 20.7 Å². The monoisotopic (exact) mass is 325 g/mol. The number of rotatable bonds is 5. The number of amides is 1. The number of methoxy groups -OCH3 is 1. The van der Waals surface area contributed by atoms with E-state index in [0.717, 1.165) is 17.7 Å². The Morgan fingerprint density at radius 2 is 2.00 bits per heavy atom. The van der Waals surface area contributed by atoms with Crippen molar-refractivity contribution < 1.29 is 19.0 Å². The van der Waals surface area contributed by atoms with E-state index in [9.17, 15) is 4.79 Å². The van der Waals surface area contributed by atoms with Crippen LogP contribution >= 0.6 is 0 Å². The number of anilines is 1. The van der Waals surface area contributed by atoms with Gasteiger partial charge < -0.3 is 19.5 Å². The number of carbonyl (C=O) groups excluding carboxylic acids is 1. The van der Waals surface area contributed by atoms with Crippen molar-refractivity contribution >= 4 is 11.6 Å². The lowest BCUT2D eigenvalue weighted by molar-refractivity contribution is -0.117. The number of ether oxygens (including phenoxy) is 3. The van der Waals surface area contributed by atoms with Gasteiger partial charge in [0.05, 0.1) is 7.11 Å². The highest BCUT2D eigenvalue weighted by atomic mass is 16.6. The molecule has 24 heavy (non-hydrogen) atoms. The van der Waals surface area contributed by atoms with Gasteiger partial charge in [-0.25, -0.2) is 0 Å². The maximum Gasteiger partial charge on any atom is 0.294 e. The largest absolute Gasteiger partial charge is 0.496 e. The van der Waals surface area contributed by atoms with Crippen LogP contribution < -0.4 is 10.1 Å². The number of carbonyl (C=O) groups is 1. The molecule has 0 fully saturated rings. The topological polar surface area (TPSA) is 56.8 Å². The van der Waals surface area contributed by atoms with Crippen LogP contribution in [0.15, 0.2) is 60.6 Å². The van der Waals surface area contributed by atoms with E-state index in [1.165, 1.54) is 11.8 Å². The lowest BCUT2D eigenvalue weighted by atomic mass is 10.0. The minimum atomic E-state index is -0.328. The molecular formula is C19H19NO4. The minimum Gasteiger partial charge on any atom is -0.496 e. The number of hydrogen-bond acceptors (Lipinski definition) is 4. The van der Waals surface area contributed by atoms with E-state index in [1.54, 1.807) is 13.2 Å². The summed E-state index contributed by atoms with van der Waals surface area (Å²) in [6.07, 6.45) is 2.06. The molecule has 2 aromatic rings. The quantitative estimate of drug-likeness (QED) is 0.918. The zero-order valence-corrected chi connectivity index (χ0v) is 13.5. The first-order valence-electron chi connectivity index (χ1n) is 7.73. The molecule has 2 aromatic carbocycles. The van der Waals surface area contributed by atoms with E-state index in [4.69, 9.17) is 14.2 Å². The molecule has 1 heterocycles. The Morgan fingerprint density at radius 1 is 1.17 bits per heavy atom. The van der Waals surface area contributed by atoms with Crippen LogP contribution in [0, 0.1) is 0 Å². The Balaban J connectivity index is 1.78. The molecule has 0 radical (unpaired) electrons. The van der Waals surface area contributed by atoms with Crippen molar-refractivity contribution in [1.29, 1.82) is 0 Å². The second kappa shape index (κ2) is 7.55. The van der Waals surface area contributed by atoms with Gasteiger partial charge in [0.2, 0.25) is 5.76 Å². The fourth-order valence-corrected chi connectivity index (χ4v) is 2.49. The van der Waals surface area contributed by atoms with Gasteiger partial charge in [0.1, 0.15) is 25.2 Å². The van der Waals surface area contributed by atoms with Crippen LogP contribution in [0.5, 0.6) is 5.75 Å². The Labute approximate surface area is 140 Å². The second-order valence-corrected chi connectivity index (χ2v) is 5.34. The molecule has 1 N–H and O–H groups in total. The first-order valence-corrected chi connectivity index (χ1v) is 7.73. The van der Waals surface area contributed by atoms with Gasteiger partial charge >= 0.3 is 0 Å². The number of hydrogen-bond donors (Lipinski definition) is 1. The smallest absolute Gasteiger partial charge is 0.294 e. The van der Waals surface area contributed by atoms with Crippen LogP contribution in [-0.4, -0.2) is 26.2 Å². The molecule has 124 valence electrons. The predicted molar refractivity (Wildman–Crippen MR) is 90.9 cm³/mol. The Bertz CT molecular complexity index is 740. The van der Waals surface area contributed by atoms with E-state index < -0.39 is 0 Å². The van der Waals surface area contributed by atoms with Crippen molar-refractivity contribution in [3.63, 3.8) is 0 Å². The zero-order valence-electron chi connectivity index (χ0n) is 13.5. The van der Waals surface area contributed by atoms with Crippen molar-refractivity contribution in [2.24, 2.45) is 0 Å². The lowest BCUT2D eigenvalue weighted by Gasteiger charge is -2.16. The standard InChI is InChI=1S/C19H19NO4/c1-22-17-8-7-16(20-19(21)18-13-23-9-10-24-18)12-15(17)11-14-5-3-2-4-6-14/h2-8,12-13H,9-11H2,1H3,(H,20,21). The molecule has 0 bridgehead atoms. The predicted octanol–water partition coefficient (Wildman–Crippen LogP) is 3.11. The molecule has 1 amide bonds. The summed E-state index contributed by atoms with van der Waals surface area (Å²) >= 11 is 0. The maximum atomic E-state index is 12.2. The van der Waals surface area contributed by atoms with E-state index in [0.29, 0.717) is 18.9 Å². The van der Waals surface area contributed by atoms with Crippen LogP contribution in [0.4, 0.5) is 5.69 Å².